The summed E-state index contributed by atoms with van der Waals surface area (Å²) in [5.41, 5.74) is 1.16. The Kier molecular flexibility index (Phi) is 10.2. The van der Waals surface area contributed by atoms with Crippen LogP contribution in [0.25, 0.3) is 0 Å². The first-order chi connectivity index (χ1) is 13.8. The second-order valence-electron chi connectivity index (χ2n) is 8.58. The molecule has 2 rings (SSSR count). The number of ether oxygens (including phenoxy) is 1. The molecule has 1 N–H and O–H groups in total. The van der Waals surface area contributed by atoms with Gasteiger partial charge in [-0.1, -0.05) is 54.0 Å². The highest BCUT2D eigenvalue weighted by Gasteiger charge is 2.29. The zero-order chi connectivity index (χ0) is 21.3. The van der Waals surface area contributed by atoms with E-state index in [4.69, 9.17) is 4.74 Å². The summed E-state index contributed by atoms with van der Waals surface area (Å²) in [5.74, 6) is 2.23. The van der Waals surface area contributed by atoms with Crippen molar-refractivity contribution < 1.29 is 14.6 Å². The van der Waals surface area contributed by atoms with Crippen LogP contribution in [0.5, 0.6) is 5.75 Å². The number of esters is 1. The lowest BCUT2D eigenvalue weighted by Gasteiger charge is -2.27. The molecule has 1 aliphatic heterocycles. The Labute approximate surface area is 184 Å². The highest BCUT2D eigenvalue weighted by Crippen LogP contribution is 2.49. The Morgan fingerprint density at radius 2 is 2.17 bits per heavy atom. The standard InChI is InChI=1S/C23H37NO3S2/c1-5-21(19-9-8-10-20(25)15-19)18(2)16-24(4)17-27-22(26)11-6-7-12-23(3)13-14-28-29-23/h8-10,15,18,21,25H,5-7,11-14,16-17H2,1-4H3/t18-,21+,23+/m0/s1. The minimum atomic E-state index is -0.0943. The van der Waals surface area contributed by atoms with Crippen molar-refractivity contribution in [1.29, 1.82) is 0 Å². The number of carbonyl (C=O) groups excluding carboxylic acids is 1. The number of rotatable bonds is 12. The molecular weight excluding hydrogens is 402 g/mol. The zero-order valence-electron chi connectivity index (χ0n) is 18.4. The molecule has 1 aromatic rings. The van der Waals surface area contributed by atoms with Gasteiger partial charge in [0, 0.05) is 23.5 Å². The van der Waals surface area contributed by atoms with Crippen molar-refractivity contribution in [3.05, 3.63) is 29.8 Å². The van der Waals surface area contributed by atoms with Gasteiger partial charge in [0.05, 0.1) is 0 Å². The molecule has 0 aliphatic carbocycles. The predicted octanol–water partition coefficient (Wildman–Crippen LogP) is 6.06. The smallest absolute Gasteiger partial charge is 0.307 e. The molecule has 0 unspecified atom stereocenters. The molecule has 0 radical (unpaired) electrons. The highest BCUT2D eigenvalue weighted by molar-refractivity contribution is 8.77. The highest BCUT2D eigenvalue weighted by atomic mass is 33.1. The van der Waals surface area contributed by atoms with E-state index in [0.717, 1.165) is 31.4 Å². The van der Waals surface area contributed by atoms with Gasteiger partial charge in [0.1, 0.15) is 12.5 Å². The van der Waals surface area contributed by atoms with Crippen molar-refractivity contribution in [2.75, 3.05) is 26.1 Å². The molecule has 164 valence electrons. The first-order valence-corrected chi connectivity index (χ1v) is 13.1. The molecule has 6 heteroatoms. The topological polar surface area (TPSA) is 49.8 Å². The zero-order valence-corrected chi connectivity index (χ0v) is 20.0. The normalized spacial score (nSPS) is 21.3. The number of carbonyl (C=O) groups is 1. The van der Waals surface area contributed by atoms with E-state index in [-0.39, 0.29) is 5.97 Å². The van der Waals surface area contributed by atoms with Gasteiger partial charge < -0.3 is 9.84 Å². The van der Waals surface area contributed by atoms with E-state index in [1.54, 1.807) is 6.07 Å². The van der Waals surface area contributed by atoms with Gasteiger partial charge >= 0.3 is 5.97 Å². The molecule has 0 saturated carbocycles. The maximum Gasteiger partial charge on any atom is 0.307 e. The van der Waals surface area contributed by atoms with E-state index in [1.165, 1.54) is 18.6 Å². The van der Waals surface area contributed by atoms with Crippen LogP contribution in [-0.4, -0.2) is 46.8 Å². The lowest BCUT2D eigenvalue weighted by molar-refractivity contribution is -0.148. The fraction of sp³-hybridized carbons (Fsp3) is 0.696. The van der Waals surface area contributed by atoms with Crippen molar-refractivity contribution in [3.63, 3.8) is 0 Å². The molecule has 0 spiro atoms. The fourth-order valence-corrected chi connectivity index (χ4v) is 7.36. The molecule has 3 atom stereocenters. The molecule has 0 amide bonds. The Morgan fingerprint density at radius 1 is 1.38 bits per heavy atom. The lowest BCUT2D eigenvalue weighted by atomic mass is 9.85. The van der Waals surface area contributed by atoms with E-state index in [2.05, 4.69) is 31.7 Å². The summed E-state index contributed by atoms with van der Waals surface area (Å²) < 4.78 is 5.88. The van der Waals surface area contributed by atoms with Crippen LogP contribution in [0.1, 0.15) is 70.8 Å². The number of hydrogen-bond acceptors (Lipinski definition) is 6. The van der Waals surface area contributed by atoms with Crippen LogP contribution in [0.3, 0.4) is 0 Å². The van der Waals surface area contributed by atoms with Crippen molar-refractivity contribution in [1.82, 2.24) is 4.90 Å². The van der Waals surface area contributed by atoms with E-state index in [0.29, 0.717) is 35.5 Å². The Balaban J connectivity index is 1.65. The molecule has 0 bridgehead atoms. The van der Waals surface area contributed by atoms with Crippen LogP contribution in [0, 0.1) is 5.92 Å². The van der Waals surface area contributed by atoms with Crippen LogP contribution >= 0.6 is 21.6 Å². The number of hydrogen-bond donors (Lipinski definition) is 1. The van der Waals surface area contributed by atoms with Crippen LogP contribution in [-0.2, 0) is 9.53 Å². The number of unbranched alkanes of at least 4 members (excludes halogenated alkanes) is 1. The van der Waals surface area contributed by atoms with Gasteiger partial charge in [0.2, 0.25) is 0 Å². The van der Waals surface area contributed by atoms with Crippen molar-refractivity contribution >= 4 is 27.6 Å². The quantitative estimate of drug-likeness (QED) is 0.185. The first kappa shape index (κ1) is 24.4. The maximum absolute atomic E-state index is 12.1. The summed E-state index contributed by atoms with van der Waals surface area (Å²) in [5, 5.41) is 9.76. The number of nitrogens with zero attached hydrogens (tertiary/aromatic N) is 1. The van der Waals surface area contributed by atoms with E-state index < -0.39 is 0 Å². The number of aromatic hydroxyl groups is 1. The average molecular weight is 440 g/mol. The van der Waals surface area contributed by atoms with Crippen molar-refractivity contribution in [3.8, 4) is 5.75 Å². The van der Waals surface area contributed by atoms with E-state index >= 15 is 0 Å². The fourth-order valence-electron chi connectivity index (χ4n) is 4.07. The second-order valence-corrected chi connectivity index (χ2v) is 11.6. The SMILES string of the molecule is CC[C@@H](c1cccc(O)c1)[C@@H](C)CN(C)COC(=O)CCCC[C@]1(C)CCSS1. The number of benzene rings is 1. The second kappa shape index (κ2) is 12.1. The summed E-state index contributed by atoms with van der Waals surface area (Å²) in [6, 6.07) is 7.54. The van der Waals surface area contributed by atoms with Gasteiger partial charge in [-0.25, -0.2) is 0 Å². The number of phenols is 1. The monoisotopic (exact) mass is 439 g/mol. The van der Waals surface area contributed by atoms with Crippen LogP contribution in [0.15, 0.2) is 24.3 Å². The third kappa shape index (κ3) is 8.42. The summed E-state index contributed by atoms with van der Waals surface area (Å²) in [4.78, 5) is 14.1. The van der Waals surface area contributed by atoms with E-state index in [1.807, 2.05) is 40.8 Å². The minimum Gasteiger partial charge on any atom is -0.508 e. The van der Waals surface area contributed by atoms with Gasteiger partial charge in [-0.05, 0) is 69.2 Å². The summed E-state index contributed by atoms with van der Waals surface area (Å²) >= 11 is 0. The lowest BCUT2D eigenvalue weighted by Crippen LogP contribution is -2.30. The Morgan fingerprint density at radius 3 is 2.83 bits per heavy atom. The van der Waals surface area contributed by atoms with Crippen LogP contribution in [0.2, 0.25) is 0 Å². The van der Waals surface area contributed by atoms with Crippen molar-refractivity contribution in [2.24, 2.45) is 5.92 Å². The molecule has 1 aromatic carbocycles. The molecule has 1 fully saturated rings. The third-order valence-electron chi connectivity index (χ3n) is 5.78. The van der Waals surface area contributed by atoms with Gasteiger partial charge in [-0.15, -0.1) is 0 Å². The first-order valence-electron chi connectivity index (χ1n) is 10.8. The summed E-state index contributed by atoms with van der Waals surface area (Å²) in [7, 11) is 5.97. The number of phenolic OH excluding ortho intramolecular Hbond substituents is 1. The van der Waals surface area contributed by atoms with Crippen LogP contribution in [0.4, 0.5) is 0 Å². The molecule has 0 aromatic heterocycles. The molecule has 4 nitrogen and oxygen atoms in total. The van der Waals surface area contributed by atoms with Crippen molar-refractivity contribution in [2.45, 2.75) is 70.0 Å². The summed E-state index contributed by atoms with van der Waals surface area (Å²) in [6.07, 6.45) is 5.98. The summed E-state index contributed by atoms with van der Waals surface area (Å²) in [6.45, 7) is 7.91. The van der Waals surface area contributed by atoms with Crippen LogP contribution < -0.4 is 0 Å². The van der Waals surface area contributed by atoms with Gasteiger partial charge in [-0.3, -0.25) is 9.69 Å². The van der Waals surface area contributed by atoms with Gasteiger partial charge in [-0.2, -0.15) is 0 Å². The molecule has 1 aliphatic rings. The molecule has 29 heavy (non-hydrogen) atoms. The maximum atomic E-state index is 12.1. The molecule has 1 heterocycles. The predicted molar refractivity (Wildman–Crippen MR) is 125 cm³/mol. The Bertz CT molecular complexity index is 634. The average Bonchev–Trinajstić information content (AvgIpc) is 3.11. The molecular formula is C23H37NO3S2. The largest absolute Gasteiger partial charge is 0.508 e. The third-order valence-corrected chi connectivity index (χ3v) is 9.14. The Hall–Kier alpha value is -0.850. The van der Waals surface area contributed by atoms with E-state index in [9.17, 15) is 9.90 Å². The van der Waals surface area contributed by atoms with Gasteiger partial charge in [0.25, 0.3) is 0 Å². The molecule has 1 saturated heterocycles. The minimum absolute atomic E-state index is 0.0943. The van der Waals surface area contributed by atoms with Gasteiger partial charge in [0.15, 0.2) is 0 Å².